The van der Waals surface area contributed by atoms with Crippen molar-refractivity contribution in [1.29, 1.82) is 0 Å². The van der Waals surface area contributed by atoms with Crippen LogP contribution in [0.3, 0.4) is 0 Å². The van der Waals surface area contributed by atoms with Gasteiger partial charge in [0.1, 0.15) is 0 Å². The number of aliphatic hydroxyl groups is 1. The van der Waals surface area contributed by atoms with Crippen LogP contribution in [-0.4, -0.2) is 37.7 Å². The highest BCUT2D eigenvalue weighted by Crippen LogP contribution is 2.12. The minimum absolute atomic E-state index is 0.0900. The number of benzene rings is 2. The molecular weight excluding hydrogens is 320 g/mol. The SMILES string of the molecule is CN(C)c1ccc(CNC(=O)COC(=O)c2ccc(CO)cc2)cc1. The highest BCUT2D eigenvalue weighted by atomic mass is 16.5. The third-order valence-corrected chi connectivity index (χ3v) is 3.65. The van der Waals surface area contributed by atoms with Crippen molar-refractivity contribution in [3.05, 3.63) is 65.2 Å². The van der Waals surface area contributed by atoms with Gasteiger partial charge >= 0.3 is 5.97 Å². The summed E-state index contributed by atoms with van der Waals surface area (Å²) in [5.41, 5.74) is 3.08. The molecule has 6 nitrogen and oxygen atoms in total. The molecule has 0 saturated heterocycles. The van der Waals surface area contributed by atoms with Crippen molar-refractivity contribution >= 4 is 17.6 Å². The quantitative estimate of drug-likeness (QED) is 0.749. The maximum Gasteiger partial charge on any atom is 0.338 e. The number of carbonyl (C=O) groups excluding carboxylic acids is 2. The number of anilines is 1. The Balaban J connectivity index is 1.77. The van der Waals surface area contributed by atoms with E-state index in [0.717, 1.165) is 11.3 Å². The van der Waals surface area contributed by atoms with Gasteiger partial charge in [-0.2, -0.15) is 0 Å². The first-order valence-corrected chi connectivity index (χ1v) is 7.89. The minimum atomic E-state index is -0.574. The predicted molar refractivity (Wildman–Crippen MR) is 95.3 cm³/mol. The molecule has 0 aliphatic carbocycles. The number of nitrogens with zero attached hydrogens (tertiary/aromatic N) is 1. The van der Waals surface area contributed by atoms with E-state index in [1.807, 2.05) is 43.3 Å². The summed E-state index contributed by atoms with van der Waals surface area (Å²) in [6, 6.07) is 14.2. The van der Waals surface area contributed by atoms with Gasteiger partial charge in [0.15, 0.2) is 6.61 Å². The Morgan fingerprint density at radius 2 is 1.60 bits per heavy atom. The summed E-state index contributed by atoms with van der Waals surface area (Å²) in [6.07, 6.45) is 0. The van der Waals surface area contributed by atoms with E-state index in [1.165, 1.54) is 0 Å². The fourth-order valence-electron chi connectivity index (χ4n) is 2.12. The Morgan fingerprint density at radius 1 is 1.00 bits per heavy atom. The van der Waals surface area contributed by atoms with Gasteiger partial charge in [0.2, 0.25) is 0 Å². The minimum Gasteiger partial charge on any atom is -0.452 e. The molecule has 2 N–H and O–H groups in total. The summed E-state index contributed by atoms with van der Waals surface area (Å²) in [6.45, 7) is -0.0566. The number of carbonyl (C=O) groups is 2. The smallest absolute Gasteiger partial charge is 0.338 e. The normalized spacial score (nSPS) is 10.2. The van der Waals surface area contributed by atoms with Crippen LogP contribution >= 0.6 is 0 Å². The van der Waals surface area contributed by atoms with E-state index in [0.29, 0.717) is 17.7 Å². The molecule has 132 valence electrons. The summed E-state index contributed by atoms with van der Waals surface area (Å²) in [7, 11) is 3.92. The fraction of sp³-hybridized carbons (Fsp3) is 0.263. The van der Waals surface area contributed by atoms with Crippen LogP contribution in [0.15, 0.2) is 48.5 Å². The van der Waals surface area contributed by atoms with Crippen molar-refractivity contribution in [2.45, 2.75) is 13.2 Å². The molecule has 0 radical (unpaired) electrons. The average Bonchev–Trinajstić information content (AvgIpc) is 2.64. The second-order valence-electron chi connectivity index (χ2n) is 5.77. The zero-order valence-electron chi connectivity index (χ0n) is 14.4. The van der Waals surface area contributed by atoms with Crippen molar-refractivity contribution in [2.24, 2.45) is 0 Å². The molecule has 0 spiro atoms. The lowest BCUT2D eigenvalue weighted by Crippen LogP contribution is -2.28. The van der Waals surface area contributed by atoms with Crippen LogP contribution < -0.4 is 10.2 Å². The average molecular weight is 342 g/mol. The van der Waals surface area contributed by atoms with Gasteiger partial charge < -0.3 is 20.1 Å². The molecule has 0 saturated carbocycles. The summed E-state index contributed by atoms with van der Waals surface area (Å²) < 4.78 is 4.98. The van der Waals surface area contributed by atoms with Crippen LogP contribution in [0.1, 0.15) is 21.5 Å². The molecule has 0 fully saturated rings. The van der Waals surface area contributed by atoms with Crippen molar-refractivity contribution in [2.75, 3.05) is 25.6 Å². The maximum absolute atomic E-state index is 11.9. The molecule has 0 aliphatic heterocycles. The lowest BCUT2D eigenvalue weighted by Gasteiger charge is -2.13. The number of hydrogen-bond acceptors (Lipinski definition) is 5. The molecule has 0 aromatic heterocycles. The van der Waals surface area contributed by atoms with E-state index in [1.54, 1.807) is 24.3 Å². The fourth-order valence-corrected chi connectivity index (χ4v) is 2.12. The molecule has 0 atom stereocenters. The molecule has 6 heteroatoms. The van der Waals surface area contributed by atoms with Crippen LogP contribution in [0.4, 0.5) is 5.69 Å². The molecule has 25 heavy (non-hydrogen) atoms. The topological polar surface area (TPSA) is 78.9 Å². The molecule has 0 bridgehead atoms. The van der Waals surface area contributed by atoms with Gasteiger partial charge in [-0.3, -0.25) is 4.79 Å². The van der Waals surface area contributed by atoms with E-state index >= 15 is 0 Å². The molecule has 0 aliphatic rings. The first-order valence-electron chi connectivity index (χ1n) is 7.89. The molecule has 0 heterocycles. The largest absolute Gasteiger partial charge is 0.452 e. The van der Waals surface area contributed by atoms with Crippen molar-refractivity contribution in [3.63, 3.8) is 0 Å². The van der Waals surface area contributed by atoms with Crippen LogP contribution in [0.5, 0.6) is 0 Å². The number of ether oxygens (including phenoxy) is 1. The van der Waals surface area contributed by atoms with Crippen LogP contribution in [0.2, 0.25) is 0 Å². The predicted octanol–water partition coefficient (Wildman–Crippen LogP) is 1.72. The van der Waals surface area contributed by atoms with Gasteiger partial charge in [0, 0.05) is 26.3 Å². The van der Waals surface area contributed by atoms with Gasteiger partial charge in [0.25, 0.3) is 5.91 Å². The molecule has 2 rings (SSSR count). The Hall–Kier alpha value is -2.86. The monoisotopic (exact) mass is 342 g/mol. The van der Waals surface area contributed by atoms with Gasteiger partial charge in [-0.1, -0.05) is 24.3 Å². The van der Waals surface area contributed by atoms with Crippen molar-refractivity contribution in [3.8, 4) is 0 Å². The third-order valence-electron chi connectivity index (χ3n) is 3.65. The van der Waals surface area contributed by atoms with E-state index in [2.05, 4.69) is 5.32 Å². The molecule has 0 unspecified atom stereocenters. The van der Waals surface area contributed by atoms with E-state index in [4.69, 9.17) is 9.84 Å². The number of esters is 1. The first-order chi connectivity index (χ1) is 12.0. The van der Waals surface area contributed by atoms with Crippen LogP contribution in [0.25, 0.3) is 0 Å². The number of nitrogens with one attached hydrogen (secondary N) is 1. The van der Waals surface area contributed by atoms with Crippen molar-refractivity contribution in [1.82, 2.24) is 5.32 Å². The highest BCUT2D eigenvalue weighted by molar-refractivity contribution is 5.91. The highest BCUT2D eigenvalue weighted by Gasteiger charge is 2.10. The number of amides is 1. The van der Waals surface area contributed by atoms with E-state index in [9.17, 15) is 9.59 Å². The van der Waals surface area contributed by atoms with Crippen LogP contribution in [-0.2, 0) is 22.7 Å². The number of rotatable bonds is 7. The molecular formula is C19H22N2O4. The van der Waals surface area contributed by atoms with E-state index < -0.39 is 5.97 Å². The zero-order valence-corrected chi connectivity index (χ0v) is 14.4. The standard InChI is InChI=1S/C19H22N2O4/c1-21(2)17-9-5-14(6-10-17)11-20-18(23)13-25-19(24)16-7-3-15(12-22)4-8-16/h3-10,22H,11-13H2,1-2H3,(H,20,23). The van der Waals surface area contributed by atoms with Gasteiger partial charge in [0.05, 0.1) is 12.2 Å². The summed E-state index contributed by atoms with van der Waals surface area (Å²) in [5.74, 6) is -0.938. The Bertz CT molecular complexity index is 709. The molecule has 2 aromatic rings. The number of hydrogen-bond donors (Lipinski definition) is 2. The summed E-state index contributed by atoms with van der Waals surface area (Å²) in [4.78, 5) is 25.6. The lowest BCUT2D eigenvalue weighted by molar-refractivity contribution is -0.124. The third kappa shape index (κ3) is 5.61. The molecule has 2 aromatic carbocycles. The van der Waals surface area contributed by atoms with Gasteiger partial charge in [-0.05, 0) is 35.4 Å². The van der Waals surface area contributed by atoms with Crippen LogP contribution in [0, 0.1) is 0 Å². The van der Waals surface area contributed by atoms with E-state index in [-0.39, 0.29) is 19.1 Å². The summed E-state index contributed by atoms with van der Waals surface area (Å²) >= 11 is 0. The lowest BCUT2D eigenvalue weighted by atomic mass is 10.1. The van der Waals surface area contributed by atoms with Crippen molar-refractivity contribution < 1.29 is 19.4 Å². The first kappa shape index (κ1) is 18.5. The Morgan fingerprint density at radius 3 is 2.16 bits per heavy atom. The Kier molecular flexibility index (Phi) is 6.54. The summed E-state index contributed by atoms with van der Waals surface area (Å²) in [5, 5.41) is 11.7. The zero-order chi connectivity index (χ0) is 18.2. The van der Waals surface area contributed by atoms with Gasteiger partial charge in [-0.15, -0.1) is 0 Å². The van der Waals surface area contributed by atoms with Gasteiger partial charge in [-0.25, -0.2) is 4.79 Å². The maximum atomic E-state index is 11.9. The second kappa shape index (κ2) is 8.84. The number of aliphatic hydroxyl groups excluding tert-OH is 1. The molecule has 1 amide bonds. The second-order valence-corrected chi connectivity index (χ2v) is 5.77. The Labute approximate surface area is 147 Å².